The zero-order valence-corrected chi connectivity index (χ0v) is 8.43. The van der Waals surface area contributed by atoms with Crippen molar-refractivity contribution in [2.75, 3.05) is 7.11 Å². The van der Waals surface area contributed by atoms with Crippen LogP contribution >= 0.6 is 0 Å². The summed E-state index contributed by atoms with van der Waals surface area (Å²) in [5, 5.41) is 10.4. The second-order valence-electron chi connectivity index (χ2n) is 2.83. The van der Waals surface area contributed by atoms with Gasteiger partial charge in [0.2, 0.25) is 6.04 Å². The Hall–Kier alpha value is -1.39. The molecule has 0 spiro atoms. The Labute approximate surface area is 82.9 Å². The molecule has 5 nitrogen and oxygen atoms in total. The van der Waals surface area contributed by atoms with Crippen LogP contribution in [0.1, 0.15) is 26.2 Å². The van der Waals surface area contributed by atoms with Crippen LogP contribution in [0.15, 0.2) is 12.2 Å². The standard InChI is InChI=1S/C9H15NO4/c1-3-8(10(12)13)6-4-5-7-9(11)14-2/h4-5,8H,3,6-7H2,1-2H3/b5-4+. The van der Waals surface area contributed by atoms with Crippen LogP contribution < -0.4 is 0 Å². The number of hydrogen-bond donors (Lipinski definition) is 0. The van der Waals surface area contributed by atoms with E-state index < -0.39 is 6.04 Å². The van der Waals surface area contributed by atoms with Crippen LogP contribution in [0.4, 0.5) is 0 Å². The van der Waals surface area contributed by atoms with Gasteiger partial charge in [-0.15, -0.1) is 0 Å². The van der Waals surface area contributed by atoms with Crippen molar-refractivity contribution >= 4 is 5.97 Å². The SMILES string of the molecule is CCC(C/C=C/CC(=O)OC)[N+](=O)[O-]. The fraction of sp³-hybridized carbons (Fsp3) is 0.667. The van der Waals surface area contributed by atoms with Crippen molar-refractivity contribution in [3.8, 4) is 0 Å². The Morgan fingerprint density at radius 1 is 1.57 bits per heavy atom. The molecule has 0 aromatic carbocycles. The van der Waals surface area contributed by atoms with Crippen molar-refractivity contribution in [3.63, 3.8) is 0 Å². The van der Waals surface area contributed by atoms with Gasteiger partial charge in [0.15, 0.2) is 0 Å². The lowest BCUT2D eigenvalue weighted by atomic mass is 10.1. The second-order valence-corrected chi connectivity index (χ2v) is 2.83. The number of methoxy groups -OCH3 is 1. The largest absolute Gasteiger partial charge is 0.469 e. The van der Waals surface area contributed by atoms with E-state index >= 15 is 0 Å². The summed E-state index contributed by atoms with van der Waals surface area (Å²) in [5.41, 5.74) is 0. The number of ether oxygens (including phenoxy) is 1. The Balaban J connectivity index is 3.79. The first kappa shape index (κ1) is 12.6. The number of carbonyl (C=O) groups excluding carboxylic acids is 1. The van der Waals surface area contributed by atoms with Crippen LogP contribution in [-0.4, -0.2) is 24.0 Å². The smallest absolute Gasteiger partial charge is 0.309 e. The zero-order valence-electron chi connectivity index (χ0n) is 8.43. The molecule has 1 atom stereocenters. The number of esters is 1. The van der Waals surface area contributed by atoms with Crippen molar-refractivity contribution in [1.82, 2.24) is 0 Å². The number of nitrogens with zero attached hydrogens (tertiary/aromatic N) is 1. The lowest BCUT2D eigenvalue weighted by Gasteiger charge is -2.02. The maximum absolute atomic E-state index is 10.7. The van der Waals surface area contributed by atoms with Crippen molar-refractivity contribution in [1.29, 1.82) is 0 Å². The molecule has 0 heterocycles. The molecule has 0 bridgehead atoms. The molecule has 0 saturated carbocycles. The maximum Gasteiger partial charge on any atom is 0.309 e. The highest BCUT2D eigenvalue weighted by atomic mass is 16.6. The van der Waals surface area contributed by atoms with Crippen LogP contribution in [0.5, 0.6) is 0 Å². The van der Waals surface area contributed by atoms with Gasteiger partial charge in [-0.2, -0.15) is 0 Å². The van der Waals surface area contributed by atoms with E-state index in [1.807, 2.05) is 0 Å². The zero-order chi connectivity index (χ0) is 11.0. The Morgan fingerprint density at radius 2 is 2.21 bits per heavy atom. The van der Waals surface area contributed by atoms with Gasteiger partial charge in [0.05, 0.1) is 13.5 Å². The molecule has 0 amide bonds. The molecule has 80 valence electrons. The van der Waals surface area contributed by atoms with E-state index in [0.29, 0.717) is 12.8 Å². The third-order valence-electron chi connectivity index (χ3n) is 1.86. The van der Waals surface area contributed by atoms with Crippen LogP contribution in [0.25, 0.3) is 0 Å². The second kappa shape index (κ2) is 7.06. The molecule has 1 unspecified atom stereocenters. The molecule has 0 aliphatic carbocycles. The van der Waals surface area contributed by atoms with Gasteiger partial charge >= 0.3 is 5.97 Å². The van der Waals surface area contributed by atoms with Crippen molar-refractivity contribution in [3.05, 3.63) is 22.3 Å². The third-order valence-corrected chi connectivity index (χ3v) is 1.86. The minimum Gasteiger partial charge on any atom is -0.469 e. The van der Waals surface area contributed by atoms with E-state index in [0.717, 1.165) is 0 Å². The number of nitro groups is 1. The average molecular weight is 201 g/mol. The summed E-state index contributed by atoms with van der Waals surface area (Å²) in [6, 6.07) is -0.552. The molecule has 5 heteroatoms. The van der Waals surface area contributed by atoms with E-state index in [1.54, 1.807) is 19.1 Å². The summed E-state index contributed by atoms with van der Waals surface area (Å²) in [4.78, 5) is 20.7. The molecule has 0 aromatic heterocycles. The monoisotopic (exact) mass is 201 g/mol. The highest BCUT2D eigenvalue weighted by Crippen LogP contribution is 2.03. The summed E-state index contributed by atoms with van der Waals surface area (Å²) in [7, 11) is 1.31. The summed E-state index contributed by atoms with van der Waals surface area (Å²) >= 11 is 0. The van der Waals surface area contributed by atoms with Crippen molar-refractivity contribution < 1.29 is 14.5 Å². The molecular weight excluding hydrogens is 186 g/mol. The Morgan fingerprint density at radius 3 is 2.64 bits per heavy atom. The molecular formula is C9H15NO4. The lowest BCUT2D eigenvalue weighted by Crippen LogP contribution is -2.16. The predicted molar refractivity (Wildman–Crippen MR) is 51.5 cm³/mol. The van der Waals surface area contributed by atoms with Crippen LogP contribution in [-0.2, 0) is 9.53 Å². The van der Waals surface area contributed by atoms with Crippen LogP contribution in [0.2, 0.25) is 0 Å². The molecule has 0 aliphatic rings. The molecule has 0 rings (SSSR count). The predicted octanol–water partition coefficient (Wildman–Crippen LogP) is 1.55. The number of hydrogen-bond acceptors (Lipinski definition) is 4. The quantitative estimate of drug-likeness (QED) is 0.283. The highest BCUT2D eigenvalue weighted by Gasteiger charge is 2.14. The fourth-order valence-corrected chi connectivity index (χ4v) is 0.918. The van der Waals surface area contributed by atoms with Gasteiger partial charge in [-0.25, -0.2) is 0 Å². The van der Waals surface area contributed by atoms with Gasteiger partial charge < -0.3 is 4.74 Å². The van der Waals surface area contributed by atoms with E-state index in [1.165, 1.54) is 7.11 Å². The van der Waals surface area contributed by atoms with Gasteiger partial charge in [-0.1, -0.05) is 19.1 Å². The van der Waals surface area contributed by atoms with E-state index in [4.69, 9.17) is 0 Å². The van der Waals surface area contributed by atoms with Crippen molar-refractivity contribution in [2.45, 2.75) is 32.2 Å². The third kappa shape index (κ3) is 5.29. The highest BCUT2D eigenvalue weighted by molar-refractivity contribution is 5.70. The summed E-state index contributed by atoms with van der Waals surface area (Å²) < 4.78 is 4.41. The number of rotatable bonds is 6. The topological polar surface area (TPSA) is 69.4 Å². The number of carbonyl (C=O) groups is 1. The first-order chi connectivity index (χ1) is 6.61. The molecule has 0 radical (unpaired) electrons. The van der Waals surface area contributed by atoms with Gasteiger partial charge in [-0.3, -0.25) is 14.9 Å². The van der Waals surface area contributed by atoms with Crippen LogP contribution in [0, 0.1) is 10.1 Å². The van der Waals surface area contributed by atoms with E-state index in [2.05, 4.69) is 4.74 Å². The van der Waals surface area contributed by atoms with Gasteiger partial charge in [0.25, 0.3) is 0 Å². The lowest BCUT2D eigenvalue weighted by molar-refractivity contribution is -0.521. The molecule has 14 heavy (non-hydrogen) atoms. The molecule has 0 saturated heterocycles. The van der Waals surface area contributed by atoms with Crippen LogP contribution in [0.3, 0.4) is 0 Å². The Bertz CT molecular complexity index is 225. The molecule has 0 aliphatic heterocycles. The summed E-state index contributed by atoms with van der Waals surface area (Å²) in [6.07, 6.45) is 4.27. The maximum atomic E-state index is 10.7. The molecule has 0 N–H and O–H groups in total. The molecule has 0 aromatic rings. The minimum atomic E-state index is -0.552. The van der Waals surface area contributed by atoms with E-state index in [9.17, 15) is 14.9 Å². The van der Waals surface area contributed by atoms with Gasteiger partial charge in [0.1, 0.15) is 0 Å². The van der Waals surface area contributed by atoms with Gasteiger partial charge in [-0.05, 0) is 0 Å². The first-order valence-corrected chi connectivity index (χ1v) is 4.47. The normalized spacial score (nSPS) is 12.7. The summed E-state index contributed by atoms with van der Waals surface area (Å²) in [5.74, 6) is -0.338. The Kier molecular flexibility index (Phi) is 6.36. The summed E-state index contributed by atoms with van der Waals surface area (Å²) in [6.45, 7) is 1.77. The van der Waals surface area contributed by atoms with Gasteiger partial charge in [0, 0.05) is 17.8 Å². The fourth-order valence-electron chi connectivity index (χ4n) is 0.918. The molecule has 0 fully saturated rings. The average Bonchev–Trinajstić information content (AvgIpc) is 2.16. The first-order valence-electron chi connectivity index (χ1n) is 4.47. The minimum absolute atomic E-state index is 0.171. The van der Waals surface area contributed by atoms with E-state index in [-0.39, 0.29) is 17.3 Å². The van der Waals surface area contributed by atoms with Crippen molar-refractivity contribution in [2.24, 2.45) is 0 Å².